The van der Waals surface area contributed by atoms with Gasteiger partial charge in [-0.25, -0.2) is 0 Å². The summed E-state index contributed by atoms with van der Waals surface area (Å²) in [5.74, 6) is 1.74. The summed E-state index contributed by atoms with van der Waals surface area (Å²) in [6, 6.07) is 8.36. The van der Waals surface area contributed by atoms with Crippen molar-refractivity contribution in [3.8, 4) is 5.75 Å². The van der Waals surface area contributed by atoms with Crippen molar-refractivity contribution in [2.75, 3.05) is 40.5 Å². The minimum absolute atomic E-state index is 0.170. The molecule has 0 bridgehead atoms. The van der Waals surface area contributed by atoms with E-state index in [9.17, 15) is 0 Å². The molecule has 0 aliphatic carbocycles. The van der Waals surface area contributed by atoms with Crippen molar-refractivity contribution < 1.29 is 14.2 Å². The molecule has 6 heteroatoms. The van der Waals surface area contributed by atoms with Crippen LogP contribution in [0.25, 0.3) is 0 Å². The van der Waals surface area contributed by atoms with Crippen molar-refractivity contribution in [1.82, 2.24) is 10.6 Å². The molecule has 6 nitrogen and oxygen atoms in total. The Balaban J connectivity index is 1.85. The molecule has 0 amide bonds. The van der Waals surface area contributed by atoms with E-state index < -0.39 is 0 Å². The average Bonchev–Trinajstić information content (AvgIpc) is 2.58. The number of para-hydroxylation sites is 1. The molecule has 0 saturated heterocycles. The molecular formula is C19H31N3O3. The Bertz CT molecular complexity index is 561. The van der Waals surface area contributed by atoms with Crippen LogP contribution in [0.2, 0.25) is 0 Å². The lowest BCUT2D eigenvalue weighted by molar-refractivity contribution is 0.0688. The van der Waals surface area contributed by atoms with E-state index in [1.54, 1.807) is 14.2 Å². The van der Waals surface area contributed by atoms with Crippen molar-refractivity contribution in [2.45, 2.75) is 38.3 Å². The highest BCUT2D eigenvalue weighted by Gasteiger charge is 2.33. The summed E-state index contributed by atoms with van der Waals surface area (Å²) in [7, 11) is 3.47. The Labute approximate surface area is 151 Å². The Kier molecular flexibility index (Phi) is 7.52. The molecule has 0 aromatic heterocycles. The monoisotopic (exact) mass is 349 g/mol. The minimum atomic E-state index is -0.208. The number of nitrogens with zero attached hydrogens (tertiary/aromatic N) is 1. The van der Waals surface area contributed by atoms with Gasteiger partial charge < -0.3 is 24.8 Å². The van der Waals surface area contributed by atoms with Gasteiger partial charge in [-0.2, -0.15) is 0 Å². The van der Waals surface area contributed by atoms with Crippen LogP contribution in [0.3, 0.4) is 0 Å². The van der Waals surface area contributed by atoms with Crippen LogP contribution < -0.4 is 15.4 Å². The lowest BCUT2D eigenvalue weighted by atomic mass is 9.90. The summed E-state index contributed by atoms with van der Waals surface area (Å²) in [5.41, 5.74) is 0.965. The fourth-order valence-electron chi connectivity index (χ4n) is 2.92. The van der Waals surface area contributed by atoms with Gasteiger partial charge in [-0.05, 0) is 26.3 Å². The third-order valence-corrected chi connectivity index (χ3v) is 4.10. The van der Waals surface area contributed by atoms with Crippen molar-refractivity contribution >= 4 is 5.96 Å². The quantitative estimate of drug-likeness (QED) is 0.429. The van der Waals surface area contributed by atoms with Gasteiger partial charge in [0.15, 0.2) is 5.96 Å². The van der Waals surface area contributed by atoms with Crippen molar-refractivity contribution in [2.24, 2.45) is 4.99 Å². The maximum atomic E-state index is 6.08. The SMILES string of the molecule is CN=C(NCCCOCCOC)NC1CC(C)(C)Oc2ccccc21. The molecule has 1 heterocycles. The van der Waals surface area contributed by atoms with Crippen molar-refractivity contribution in [3.05, 3.63) is 29.8 Å². The molecule has 140 valence electrons. The van der Waals surface area contributed by atoms with Crippen LogP contribution in [-0.4, -0.2) is 52.1 Å². The first-order valence-corrected chi connectivity index (χ1v) is 8.87. The highest BCUT2D eigenvalue weighted by molar-refractivity contribution is 5.80. The minimum Gasteiger partial charge on any atom is -0.487 e. The van der Waals surface area contributed by atoms with Gasteiger partial charge >= 0.3 is 0 Å². The van der Waals surface area contributed by atoms with Crippen LogP contribution in [0.4, 0.5) is 0 Å². The number of fused-ring (bicyclic) bond motifs is 1. The Morgan fingerprint density at radius 2 is 2.08 bits per heavy atom. The normalized spacial score (nSPS) is 19.0. The highest BCUT2D eigenvalue weighted by Crippen LogP contribution is 2.39. The molecule has 0 spiro atoms. The predicted molar refractivity (Wildman–Crippen MR) is 100 cm³/mol. The number of nitrogens with one attached hydrogen (secondary N) is 2. The molecule has 1 unspecified atom stereocenters. The largest absolute Gasteiger partial charge is 0.487 e. The zero-order valence-corrected chi connectivity index (χ0v) is 15.8. The van der Waals surface area contributed by atoms with E-state index in [1.807, 2.05) is 18.2 Å². The second kappa shape index (κ2) is 9.63. The zero-order valence-electron chi connectivity index (χ0n) is 15.8. The smallest absolute Gasteiger partial charge is 0.191 e. The standard InChI is InChI=1S/C19H31N3O3/c1-19(2)14-16(15-8-5-6-9-17(15)25-19)22-18(20-3)21-10-7-11-24-13-12-23-4/h5-6,8-9,16H,7,10-14H2,1-4H3,(H2,20,21,22). The predicted octanol–water partition coefficient (Wildman–Crippen LogP) is 2.51. The molecule has 2 rings (SSSR count). The summed E-state index contributed by atoms with van der Waals surface area (Å²) >= 11 is 0. The van der Waals surface area contributed by atoms with Gasteiger partial charge in [0, 0.05) is 39.3 Å². The molecule has 0 radical (unpaired) electrons. The molecule has 1 aromatic carbocycles. The summed E-state index contributed by atoms with van der Waals surface area (Å²) < 4.78 is 16.5. The highest BCUT2D eigenvalue weighted by atomic mass is 16.5. The van der Waals surface area contributed by atoms with Gasteiger partial charge in [-0.1, -0.05) is 18.2 Å². The van der Waals surface area contributed by atoms with E-state index in [-0.39, 0.29) is 11.6 Å². The fraction of sp³-hybridized carbons (Fsp3) is 0.632. The van der Waals surface area contributed by atoms with Crippen LogP contribution in [0.5, 0.6) is 5.75 Å². The van der Waals surface area contributed by atoms with Gasteiger partial charge in [-0.15, -0.1) is 0 Å². The van der Waals surface area contributed by atoms with Crippen LogP contribution in [0, 0.1) is 0 Å². The average molecular weight is 349 g/mol. The molecular weight excluding hydrogens is 318 g/mol. The summed E-state index contributed by atoms with van der Waals surface area (Å²) in [5, 5.41) is 6.88. The maximum absolute atomic E-state index is 6.08. The molecule has 0 saturated carbocycles. The Hall–Kier alpha value is -1.79. The zero-order chi connectivity index (χ0) is 18.1. The topological polar surface area (TPSA) is 64.1 Å². The molecule has 2 N–H and O–H groups in total. The second-order valence-corrected chi connectivity index (χ2v) is 6.76. The van der Waals surface area contributed by atoms with Crippen LogP contribution in [0.1, 0.15) is 38.3 Å². The first-order valence-electron chi connectivity index (χ1n) is 8.87. The number of benzene rings is 1. The number of guanidine groups is 1. The van der Waals surface area contributed by atoms with Gasteiger partial charge in [-0.3, -0.25) is 4.99 Å². The lowest BCUT2D eigenvalue weighted by Gasteiger charge is -2.38. The number of methoxy groups -OCH3 is 1. The Morgan fingerprint density at radius 1 is 1.28 bits per heavy atom. The van der Waals surface area contributed by atoms with E-state index in [4.69, 9.17) is 14.2 Å². The van der Waals surface area contributed by atoms with Crippen LogP contribution in [0.15, 0.2) is 29.3 Å². The van der Waals surface area contributed by atoms with Crippen molar-refractivity contribution in [3.63, 3.8) is 0 Å². The number of hydrogen-bond donors (Lipinski definition) is 2. The number of rotatable bonds is 8. The van der Waals surface area contributed by atoms with Gasteiger partial charge in [0.25, 0.3) is 0 Å². The summed E-state index contributed by atoms with van der Waals surface area (Å²) in [6.45, 7) is 7.02. The van der Waals surface area contributed by atoms with E-state index in [1.165, 1.54) is 5.56 Å². The fourth-order valence-corrected chi connectivity index (χ4v) is 2.92. The summed E-state index contributed by atoms with van der Waals surface area (Å²) in [6.07, 6.45) is 1.80. The lowest BCUT2D eigenvalue weighted by Crippen LogP contribution is -2.45. The number of hydrogen-bond acceptors (Lipinski definition) is 4. The van der Waals surface area contributed by atoms with Crippen LogP contribution in [-0.2, 0) is 9.47 Å². The Morgan fingerprint density at radius 3 is 2.84 bits per heavy atom. The third-order valence-electron chi connectivity index (χ3n) is 4.10. The van der Waals surface area contributed by atoms with Gasteiger partial charge in [0.1, 0.15) is 11.4 Å². The molecule has 1 aromatic rings. The first-order chi connectivity index (χ1) is 12.1. The molecule has 25 heavy (non-hydrogen) atoms. The van der Waals surface area contributed by atoms with E-state index in [0.717, 1.165) is 31.1 Å². The number of aliphatic imine (C=N–C) groups is 1. The maximum Gasteiger partial charge on any atom is 0.191 e. The molecule has 1 atom stereocenters. The number of ether oxygens (including phenoxy) is 3. The molecule has 1 aliphatic heterocycles. The van der Waals surface area contributed by atoms with E-state index in [0.29, 0.717) is 19.8 Å². The second-order valence-electron chi connectivity index (χ2n) is 6.76. The third kappa shape index (κ3) is 6.21. The molecule has 1 aliphatic rings. The van der Waals surface area contributed by atoms with Gasteiger partial charge in [0.2, 0.25) is 0 Å². The van der Waals surface area contributed by atoms with Crippen LogP contribution >= 0.6 is 0 Å². The molecule has 0 fully saturated rings. The van der Waals surface area contributed by atoms with Gasteiger partial charge in [0.05, 0.1) is 19.3 Å². The van der Waals surface area contributed by atoms with E-state index in [2.05, 4.69) is 35.5 Å². The van der Waals surface area contributed by atoms with E-state index >= 15 is 0 Å². The van der Waals surface area contributed by atoms with Crippen molar-refractivity contribution in [1.29, 1.82) is 0 Å². The first kappa shape index (κ1) is 19.5. The summed E-state index contributed by atoms with van der Waals surface area (Å²) in [4.78, 5) is 4.34.